The van der Waals surface area contributed by atoms with Gasteiger partial charge in [-0.1, -0.05) is 66.2 Å². The third-order valence-corrected chi connectivity index (χ3v) is 7.15. The zero-order chi connectivity index (χ0) is 24.9. The molecule has 36 heavy (non-hydrogen) atoms. The van der Waals surface area contributed by atoms with Crippen molar-refractivity contribution in [2.45, 2.75) is 19.0 Å². The van der Waals surface area contributed by atoms with Crippen LogP contribution in [0.5, 0.6) is 5.75 Å². The van der Waals surface area contributed by atoms with Crippen LogP contribution in [0.3, 0.4) is 0 Å². The van der Waals surface area contributed by atoms with Gasteiger partial charge < -0.3 is 4.74 Å². The predicted molar refractivity (Wildman–Crippen MR) is 143 cm³/mol. The van der Waals surface area contributed by atoms with Crippen LogP contribution in [-0.2, 0) is 11.3 Å². The van der Waals surface area contributed by atoms with Gasteiger partial charge >= 0.3 is 0 Å². The summed E-state index contributed by atoms with van der Waals surface area (Å²) < 4.78 is 5.40. The standard InChI is InChI=1S/C29H31ClN4O2/c1-36-26-9-5-8-24(18-26)27-19-28(23-10-12-25(30)13-11-23)34(31-27)29(35)21-33-16-14-32(15-17-33)20-22-6-3-2-4-7-22/h2-13,18,28H,14-17,19-21H2,1H3. The van der Waals surface area contributed by atoms with Gasteiger partial charge in [0.05, 0.1) is 25.4 Å². The first-order valence-corrected chi connectivity index (χ1v) is 12.7. The number of carbonyl (C=O) groups is 1. The topological polar surface area (TPSA) is 48.4 Å². The Kier molecular flexibility index (Phi) is 7.66. The van der Waals surface area contributed by atoms with Gasteiger partial charge in [0, 0.05) is 49.7 Å². The fourth-order valence-electron chi connectivity index (χ4n) is 4.87. The molecule has 0 aromatic heterocycles. The quantitative estimate of drug-likeness (QED) is 0.463. The number of ether oxygens (including phenoxy) is 1. The summed E-state index contributed by atoms with van der Waals surface area (Å²) in [5.41, 5.74) is 4.21. The highest BCUT2D eigenvalue weighted by Crippen LogP contribution is 2.34. The zero-order valence-corrected chi connectivity index (χ0v) is 21.3. The normalized spacial score (nSPS) is 18.8. The molecule has 7 heteroatoms. The Labute approximate surface area is 217 Å². The van der Waals surface area contributed by atoms with Gasteiger partial charge in [0.2, 0.25) is 0 Å². The maximum Gasteiger partial charge on any atom is 0.257 e. The van der Waals surface area contributed by atoms with Gasteiger partial charge in [-0.3, -0.25) is 14.6 Å². The van der Waals surface area contributed by atoms with Gasteiger partial charge in [0.15, 0.2) is 0 Å². The summed E-state index contributed by atoms with van der Waals surface area (Å²) in [6.45, 7) is 4.93. The average molecular weight is 503 g/mol. The van der Waals surface area contributed by atoms with Crippen molar-refractivity contribution < 1.29 is 9.53 Å². The minimum Gasteiger partial charge on any atom is -0.497 e. The number of methoxy groups -OCH3 is 1. The molecule has 1 amide bonds. The number of rotatable bonds is 7. The summed E-state index contributed by atoms with van der Waals surface area (Å²) in [4.78, 5) is 18.2. The van der Waals surface area contributed by atoms with E-state index in [1.807, 2.05) is 54.6 Å². The monoisotopic (exact) mass is 502 g/mol. The van der Waals surface area contributed by atoms with E-state index in [0.717, 1.165) is 55.3 Å². The fraction of sp³-hybridized carbons (Fsp3) is 0.310. The maximum atomic E-state index is 13.5. The fourth-order valence-corrected chi connectivity index (χ4v) is 5.00. The van der Waals surface area contributed by atoms with E-state index >= 15 is 0 Å². The summed E-state index contributed by atoms with van der Waals surface area (Å²) in [7, 11) is 1.65. The Bertz CT molecular complexity index is 1210. The largest absolute Gasteiger partial charge is 0.497 e. The second-order valence-corrected chi connectivity index (χ2v) is 9.76. The Morgan fingerprint density at radius 2 is 1.67 bits per heavy atom. The first-order valence-electron chi connectivity index (χ1n) is 12.4. The van der Waals surface area contributed by atoms with Gasteiger partial charge in [-0.15, -0.1) is 0 Å². The third-order valence-electron chi connectivity index (χ3n) is 6.90. The molecule has 2 heterocycles. The van der Waals surface area contributed by atoms with Crippen molar-refractivity contribution in [1.82, 2.24) is 14.8 Å². The number of halogens is 1. The van der Waals surface area contributed by atoms with Crippen molar-refractivity contribution in [3.05, 3.63) is 101 Å². The van der Waals surface area contributed by atoms with Crippen LogP contribution in [0.1, 0.15) is 29.2 Å². The molecule has 0 bridgehead atoms. The van der Waals surface area contributed by atoms with E-state index in [0.29, 0.717) is 18.0 Å². The summed E-state index contributed by atoms with van der Waals surface area (Å²) in [5, 5.41) is 7.18. The van der Waals surface area contributed by atoms with Crippen LogP contribution in [0.15, 0.2) is 84.0 Å². The SMILES string of the molecule is COc1cccc(C2=NN(C(=O)CN3CCN(Cc4ccccc4)CC3)C(c3ccc(Cl)cc3)C2)c1. The van der Waals surface area contributed by atoms with Crippen molar-refractivity contribution in [2.75, 3.05) is 39.8 Å². The molecule has 0 aliphatic carbocycles. The summed E-state index contributed by atoms with van der Waals surface area (Å²) in [5.74, 6) is 0.792. The van der Waals surface area contributed by atoms with Gasteiger partial charge in [-0.05, 0) is 35.4 Å². The minimum absolute atomic E-state index is 0.0179. The smallest absolute Gasteiger partial charge is 0.257 e. The number of hydrazone groups is 1. The highest BCUT2D eigenvalue weighted by Gasteiger charge is 2.34. The number of amides is 1. The lowest BCUT2D eigenvalue weighted by molar-refractivity contribution is -0.134. The van der Waals surface area contributed by atoms with E-state index in [-0.39, 0.29) is 11.9 Å². The molecule has 0 radical (unpaired) electrons. The van der Waals surface area contributed by atoms with E-state index in [9.17, 15) is 4.79 Å². The number of hydrogen-bond donors (Lipinski definition) is 0. The molecule has 3 aromatic rings. The molecule has 1 saturated heterocycles. The first kappa shape index (κ1) is 24.5. The zero-order valence-electron chi connectivity index (χ0n) is 20.5. The molecule has 0 N–H and O–H groups in total. The van der Waals surface area contributed by atoms with E-state index in [4.69, 9.17) is 21.4 Å². The van der Waals surface area contributed by atoms with Crippen molar-refractivity contribution in [3.63, 3.8) is 0 Å². The maximum absolute atomic E-state index is 13.5. The second kappa shape index (κ2) is 11.2. The summed E-state index contributed by atoms with van der Waals surface area (Å²) >= 11 is 6.13. The summed E-state index contributed by atoms with van der Waals surface area (Å²) in [6, 6.07) is 25.9. The number of piperazine rings is 1. The Hall–Kier alpha value is -3.19. The Morgan fingerprint density at radius 1 is 0.944 bits per heavy atom. The molecule has 0 spiro atoms. The van der Waals surface area contributed by atoms with Gasteiger partial charge in [-0.2, -0.15) is 5.10 Å². The van der Waals surface area contributed by atoms with Crippen molar-refractivity contribution in [1.29, 1.82) is 0 Å². The van der Waals surface area contributed by atoms with E-state index in [1.165, 1.54) is 5.56 Å². The second-order valence-electron chi connectivity index (χ2n) is 9.33. The van der Waals surface area contributed by atoms with Crippen LogP contribution in [0.4, 0.5) is 0 Å². The molecule has 6 nitrogen and oxygen atoms in total. The van der Waals surface area contributed by atoms with E-state index in [1.54, 1.807) is 12.1 Å². The van der Waals surface area contributed by atoms with Gasteiger partial charge in [0.25, 0.3) is 5.91 Å². The van der Waals surface area contributed by atoms with Gasteiger partial charge in [-0.25, -0.2) is 5.01 Å². The molecule has 186 valence electrons. The molecular weight excluding hydrogens is 472 g/mol. The molecule has 5 rings (SSSR count). The highest BCUT2D eigenvalue weighted by atomic mass is 35.5. The Morgan fingerprint density at radius 3 is 2.39 bits per heavy atom. The number of carbonyl (C=O) groups excluding carboxylic acids is 1. The van der Waals surface area contributed by atoms with Crippen LogP contribution in [0, 0.1) is 0 Å². The predicted octanol–water partition coefficient (Wildman–Crippen LogP) is 4.84. The van der Waals surface area contributed by atoms with Crippen molar-refractivity contribution >= 4 is 23.2 Å². The lowest BCUT2D eigenvalue weighted by atomic mass is 9.98. The molecule has 2 aliphatic rings. The lowest BCUT2D eigenvalue weighted by Gasteiger charge is -2.35. The molecule has 0 saturated carbocycles. The third kappa shape index (κ3) is 5.78. The average Bonchev–Trinajstić information content (AvgIpc) is 3.37. The number of hydrogen-bond acceptors (Lipinski definition) is 5. The number of nitrogens with zero attached hydrogens (tertiary/aromatic N) is 4. The lowest BCUT2D eigenvalue weighted by Crippen LogP contribution is -2.49. The molecular formula is C29H31ClN4O2. The van der Waals surface area contributed by atoms with E-state index < -0.39 is 0 Å². The van der Waals surface area contributed by atoms with Crippen molar-refractivity contribution in [3.8, 4) is 5.75 Å². The highest BCUT2D eigenvalue weighted by molar-refractivity contribution is 6.30. The molecule has 1 atom stereocenters. The number of benzene rings is 3. The molecule has 3 aromatic carbocycles. The van der Waals surface area contributed by atoms with Crippen LogP contribution in [0.25, 0.3) is 0 Å². The first-order chi connectivity index (χ1) is 17.6. The van der Waals surface area contributed by atoms with Crippen LogP contribution in [0.2, 0.25) is 5.02 Å². The van der Waals surface area contributed by atoms with Gasteiger partial charge in [0.1, 0.15) is 5.75 Å². The molecule has 2 aliphatic heterocycles. The van der Waals surface area contributed by atoms with E-state index in [2.05, 4.69) is 34.1 Å². The van der Waals surface area contributed by atoms with Crippen LogP contribution < -0.4 is 4.74 Å². The van der Waals surface area contributed by atoms with Crippen molar-refractivity contribution in [2.24, 2.45) is 5.10 Å². The molecule has 1 fully saturated rings. The Balaban J connectivity index is 1.28. The molecule has 1 unspecified atom stereocenters. The van der Waals surface area contributed by atoms with Crippen LogP contribution >= 0.6 is 11.6 Å². The summed E-state index contributed by atoms with van der Waals surface area (Å²) in [6.07, 6.45) is 0.644. The van der Waals surface area contributed by atoms with Crippen LogP contribution in [-0.4, -0.2) is 66.3 Å². The minimum atomic E-state index is -0.157.